The molecule has 29 heavy (non-hydrogen) atoms. The van der Waals surface area contributed by atoms with Gasteiger partial charge in [-0.15, -0.1) is 0 Å². The van der Waals surface area contributed by atoms with Gasteiger partial charge in [0.1, 0.15) is 0 Å². The van der Waals surface area contributed by atoms with Gasteiger partial charge in [-0.3, -0.25) is 0 Å². The lowest BCUT2D eigenvalue weighted by Crippen LogP contribution is -2.74. The lowest BCUT2D eigenvalue weighted by molar-refractivity contribution is -0.0441. The van der Waals surface area contributed by atoms with Crippen LogP contribution in [0.5, 0.6) is 0 Å². The van der Waals surface area contributed by atoms with E-state index < -0.39 is 63.9 Å². The average Bonchev–Trinajstić information content (AvgIpc) is 2.31. The van der Waals surface area contributed by atoms with E-state index in [1.807, 2.05) is 0 Å². The van der Waals surface area contributed by atoms with Crippen molar-refractivity contribution in [3.63, 3.8) is 0 Å². The van der Waals surface area contributed by atoms with E-state index in [4.69, 9.17) is 0 Å². The second-order valence-corrected chi connectivity index (χ2v) is 29.6. The van der Waals surface area contributed by atoms with Gasteiger partial charge in [0.25, 0.3) is 37.1 Å². The van der Waals surface area contributed by atoms with Crippen LogP contribution < -0.4 is 0 Å². The fourth-order valence-corrected chi connectivity index (χ4v) is 38.7. The minimum Gasteiger partial charge on any atom is -0.223 e. The van der Waals surface area contributed by atoms with Crippen molar-refractivity contribution in [3.05, 3.63) is 0 Å². The molecule has 0 aliphatic carbocycles. The minimum absolute atomic E-state index is 7.95. The second-order valence-electron chi connectivity index (χ2n) is 4.30. The van der Waals surface area contributed by atoms with Gasteiger partial charge in [0.15, 0.2) is 0 Å². The van der Waals surface area contributed by atoms with Gasteiger partial charge < -0.3 is 0 Å². The first-order valence-corrected chi connectivity index (χ1v) is 16.1. The third-order valence-corrected chi connectivity index (χ3v) is 42.0. The summed E-state index contributed by atoms with van der Waals surface area (Å²) in [6, 6.07) is 0. The van der Waals surface area contributed by atoms with Crippen LogP contribution >= 0.6 is 0 Å². The maximum atomic E-state index is 12.6. The molecule has 0 amide bonds. The van der Waals surface area contributed by atoms with Crippen LogP contribution in [-0.4, -0.2) is 60.4 Å². The van der Waals surface area contributed by atoms with E-state index in [-0.39, 0.29) is 0 Å². The molecule has 0 saturated carbocycles. The number of rotatable bonds is 4. The van der Waals surface area contributed by atoms with E-state index >= 15 is 0 Å². The second kappa shape index (κ2) is 6.59. The Kier molecular flexibility index (Phi) is 6.40. The van der Waals surface area contributed by atoms with Crippen LogP contribution in [0, 0.1) is 0 Å². The summed E-state index contributed by atoms with van der Waals surface area (Å²) >= 11 is 0. The first kappa shape index (κ1) is 28.2. The third kappa shape index (κ3) is 3.40. The molecule has 176 valence electrons. The lowest BCUT2D eigenvalue weighted by Gasteiger charge is -2.30. The minimum atomic E-state index is -10.9. The van der Waals surface area contributed by atoms with Crippen LogP contribution in [0.15, 0.2) is 0 Å². The molecule has 8 nitrogen and oxygen atoms in total. The molecule has 0 aliphatic heterocycles. The number of hydrogen-bond donors (Lipinski definition) is 0. The Morgan fingerprint density at radius 1 is 0.345 bits per heavy atom. The third-order valence-electron chi connectivity index (χ3n) is 2.54. The van der Waals surface area contributed by atoms with Crippen molar-refractivity contribution >= 4 is 41.8 Å². The highest BCUT2D eigenvalue weighted by Gasteiger charge is 2.97. The standard InChI is InChI=1S/C4F12O8S4Si/c5-1(6,7)25(17,18)29(26(19,20)2(8,9)10,27(21,22)3(11,12)13)28(23,24)4(14,15)16. The Labute approximate surface area is 150 Å². The maximum Gasteiger partial charge on any atom is 0.616 e. The zero-order valence-electron chi connectivity index (χ0n) is 11.9. The monoisotopic (exact) mass is 560 g/mol. The normalized spacial score (nSPS) is 16.7. The van der Waals surface area contributed by atoms with Gasteiger partial charge in [0, 0.05) is 0 Å². The Balaban J connectivity index is 8.83. The smallest absolute Gasteiger partial charge is 0.223 e. The number of alkyl halides is 12. The zero-order chi connectivity index (χ0) is 24.5. The molecule has 0 heterocycles. The molecule has 0 aromatic rings. The molecule has 0 aliphatic rings. The summed E-state index contributed by atoms with van der Waals surface area (Å²) in [5.74, 6) is 0. The predicted molar refractivity (Wildman–Crippen MR) is 65.7 cm³/mol. The Morgan fingerprint density at radius 2 is 0.448 bits per heavy atom. The molecule has 0 bridgehead atoms. The largest absolute Gasteiger partial charge is 0.616 e. The van der Waals surface area contributed by atoms with Gasteiger partial charge in [-0.2, -0.15) is 52.7 Å². The first-order chi connectivity index (χ1) is 12.0. The maximum absolute atomic E-state index is 12.6. The van der Waals surface area contributed by atoms with Gasteiger partial charge >= 0.3 is 26.7 Å². The van der Waals surface area contributed by atoms with E-state index in [0.29, 0.717) is 0 Å². The van der Waals surface area contributed by atoms with Gasteiger partial charge in [0.2, 0.25) is 0 Å². The van der Waals surface area contributed by atoms with Gasteiger partial charge in [-0.1, -0.05) is 0 Å². The molecular formula is C4F12O8S4Si. The number of halogens is 12. The highest BCUT2D eigenvalue weighted by atomic mass is 33.0. The fourth-order valence-electron chi connectivity index (χ4n) is 1.43. The molecule has 0 aromatic carbocycles. The molecule has 0 aromatic heterocycles. The van der Waals surface area contributed by atoms with E-state index in [1.165, 1.54) is 0 Å². The molecule has 0 radical (unpaired) electrons. The Hall–Kier alpha value is -0.823. The van der Waals surface area contributed by atoms with Crippen molar-refractivity contribution in [3.8, 4) is 0 Å². The van der Waals surface area contributed by atoms with Crippen LogP contribution in [0.25, 0.3) is 0 Å². The molecule has 0 atom stereocenters. The quantitative estimate of drug-likeness (QED) is 0.369. The summed E-state index contributed by atoms with van der Waals surface area (Å²) in [7, 11) is -37.6. The molecule has 0 rings (SSSR count). The summed E-state index contributed by atoms with van der Waals surface area (Å²) in [5.41, 5.74) is -31.8. The van der Waals surface area contributed by atoms with E-state index in [1.54, 1.807) is 0 Å². The van der Waals surface area contributed by atoms with Gasteiger partial charge in [0.05, 0.1) is 0 Å². The van der Waals surface area contributed by atoms with Crippen molar-refractivity contribution in [2.45, 2.75) is 22.0 Å². The van der Waals surface area contributed by atoms with Crippen molar-refractivity contribution in [2.75, 3.05) is 0 Å². The Morgan fingerprint density at radius 3 is 0.517 bits per heavy atom. The summed E-state index contributed by atoms with van der Waals surface area (Å²) in [4.78, 5) is 0. The highest BCUT2D eigenvalue weighted by Crippen LogP contribution is 2.53. The molecule has 25 heteroatoms. The molecule has 0 spiro atoms. The summed E-state index contributed by atoms with van der Waals surface area (Å²) < 4.78 is 231. The van der Waals surface area contributed by atoms with Gasteiger partial charge in [-0.25, -0.2) is 33.7 Å². The average molecular weight is 560 g/mol. The summed E-state index contributed by atoms with van der Waals surface area (Å²) in [6.45, 7) is 0. The topological polar surface area (TPSA) is 137 Å². The summed E-state index contributed by atoms with van der Waals surface area (Å²) in [6.07, 6.45) is 0. The molecule has 0 saturated heterocycles. The molecule has 0 unspecified atom stereocenters. The fraction of sp³-hybridized carbons (Fsp3) is 1.00. The van der Waals surface area contributed by atoms with Gasteiger partial charge in [-0.05, 0) is 0 Å². The van der Waals surface area contributed by atoms with E-state index in [0.717, 1.165) is 0 Å². The van der Waals surface area contributed by atoms with E-state index in [2.05, 4.69) is 0 Å². The van der Waals surface area contributed by atoms with E-state index in [9.17, 15) is 86.4 Å². The first-order valence-electron chi connectivity index (χ1n) is 5.23. The zero-order valence-corrected chi connectivity index (χ0v) is 16.2. The van der Waals surface area contributed by atoms with Crippen molar-refractivity contribution < 1.29 is 86.4 Å². The van der Waals surface area contributed by atoms with Crippen LogP contribution in [0.3, 0.4) is 0 Å². The van der Waals surface area contributed by atoms with Crippen LogP contribution in [0.1, 0.15) is 0 Å². The van der Waals surface area contributed by atoms with Crippen molar-refractivity contribution in [1.82, 2.24) is 0 Å². The highest BCUT2D eigenvalue weighted by molar-refractivity contribution is 8.93. The van der Waals surface area contributed by atoms with Crippen LogP contribution in [-0.2, 0) is 37.1 Å². The predicted octanol–water partition coefficient (Wildman–Crippen LogP) is 1.16. The SMILES string of the molecule is O=S(=O)(C(F)(F)F)[Si](S(=O)(=O)C(F)(F)F)(S(=O)(=O)C(F)(F)F)S(=O)(=O)C(F)(F)F. The molecular weight excluding hydrogens is 560 g/mol. The van der Waals surface area contributed by atoms with Crippen LogP contribution in [0.4, 0.5) is 52.7 Å². The molecule has 0 N–H and O–H groups in total. The summed E-state index contributed by atoms with van der Waals surface area (Å²) in [5, 5.41) is 0. The van der Waals surface area contributed by atoms with Crippen molar-refractivity contribution in [1.29, 1.82) is 0 Å². The number of hydrogen-bond acceptors (Lipinski definition) is 8. The van der Waals surface area contributed by atoms with Crippen LogP contribution in [0.2, 0.25) is 0 Å². The lowest BCUT2D eigenvalue weighted by atomic mass is 11.6. The molecule has 0 fully saturated rings. The van der Waals surface area contributed by atoms with Crippen molar-refractivity contribution in [2.24, 2.45) is 0 Å². The Bertz CT molecular complexity index is 901.